The number of rotatable bonds is 1. The van der Waals surface area contributed by atoms with Gasteiger partial charge in [0.2, 0.25) is 0 Å². The molecular weight excluding hydrogens is 202 g/mol. The molecule has 2 saturated heterocycles. The van der Waals surface area contributed by atoms with Gasteiger partial charge in [-0.25, -0.2) is 4.79 Å². The summed E-state index contributed by atoms with van der Waals surface area (Å²) in [4.78, 5) is 12.5. The van der Waals surface area contributed by atoms with Crippen molar-refractivity contribution in [2.24, 2.45) is 0 Å². The Kier molecular flexibility index (Phi) is 2.41. The summed E-state index contributed by atoms with van der Waals surface area (Å²) in [5, 5.41) is 28.6. The van der Waals surface area contributed by atoms with Gasteiger partial charge in [-0.05, 0) is 6.08 Å². The summed E-state index contributed by atoms with van der Waals surface area (Å²) < 4.78 is 4.91. The molecule has 0 saturated carbocycles. The zero-order valence-electron chi connectivity index (χ0n) is 7.98. The zero-order valence-corrected chi connectivity index (χ0v) is 7.98. The van der Waals surface area contributed by atoms with Gasteiger partial charge < -0.3 is 20.1 Å². The summed E-state index contributed by atoms with van der Waals surface area (Å²) >= 11 is 0. The maximum Gasteiger partial charge on any atom is 0.411 e. The van der Waals surface area contributed by atoms with Gasteiger partial charge in [0.05, 0.1) is 6.54 Å². The van der Waals surface area contributed by atoms with Crippen molar-refractivity contribution in [3.05, 3.63) is 12.7 Å². The number of aliphatic hydroxyl groups excluding tert-OH is 3. The lowest BCUT2D eigenvalue weighted by Gasteiger charge is -2.38. The molecule has 0 unspecified atom stereocenters. The predicted molar refractivity (Wildman–Crippen MR) is 49.0 cm³/mol. The Bertz CT molecular complexity index is 294. The molecule has 6 nitrogen and oxygen atoms in total. The van der Waals surface area contributed by atoms with E-state index >= 15 is 0 Å². The van der Waals surface area contributed by atoms with Crippen LogP contribution in [0.3, 0.4) is 0 Å². The third kappa shape index (κ3) is 1.41. The van der Waals surface area contributed by atoms with Gasteiger partial charge in [0.25, 0.3) is 0 Å². The smallest absolute Gasteiger partial charge is 0.411 e. The number of carbonyl (C=O) groups excluding carboxylic acids is 1. The fraction of sp³-hybridized carbons (Fsp3) is 0.667. The fourth-order valence-corrected chi connectivity index (χ4v) is 2.05. The molecule has 0 radical (unpaired) electrons. The van der Waals surface area contributed by atoms with E-state index in [9.17, 15) is 20.1 Å². The molecule has 6 heteroatoms. The lowest BCUT2D eigenvalue weighted by Crippen LogP contribution is -2.61. The highest BCUT2D eigenvalue weighted by Crippen LogP contribution is 2.29. The Balaban J connectivity index is 2.26. The van der Waals surface area contributed by atoms with Crippen molar-refractivity contribution in [1.29, 1.82) is 0 Å². The molecule has 0 aliphatic carbocycles. The molecule has 2 fully saturated rings. The highest BCUT2D eigenvalue weighted by Gasteiger charge is 2.52. The minimum Gasteiger partial charge on any atom is -0.440 e. The molecule has 0 aromatic rings. The largest absolute Gasteiger partial charge is 0.440 e. The number of hydrogen-bond acceptors (Lipinski definition) is 5. The second-order valence-corrected chi connectivity index (χ2v) is 3.78. The van der Waals surface area contributed by atoms with Crippen LogP contribution in [-0.4, -0.2) is 63.3 Å². The zero-order chi connectivity index (χ0) is 11.2. The van der Waals surface area contributed by atoms with E-state index < -0.39 is 36.6 Å². The lowest BCUT2D eigenvalue weighted by atomic mass is 9.91. The van der Waals surface area contributed by atoms with Crippen molar-refractivity contribution < 1.29 is 24.9 Å². The standard InChI is InChI=1S/C9H13NO5/c1-2-5-6-8(13)7(12)4(11)3-10(6)9(14)15-5/h2,4-8,11-13H,1,3H2/t4-,5-,6+,7+,8+/m0/s1. The molecule has 2 aliphatic heterocycles. The first-order valence-corrected chi connectivity index (χ1v) is 4.70. The molecule has 5 atom stereocenters. The predicted octanol–water partition coefficient (Wildman–Crippen LogP) is -1.54. The van der Waals surface area contributed by atoms with Crippen molar-refractivity contribution in [3.63, 3.8) is 0 Å². The summed E-state index contributed by atoms with van der Waals surface area (Å²) in [5.41, 5.74) is 0. The molecular formula is C9H13NO5. The average Bonchev–Trinajstić information content (AvgIpc) is 2.52. The van der Waals surface area contributed by atoms with Gasteiger partial charge in [-0.2, -0.15) is 0 Å². The molecule has 84 valence electrons. The van der Waals surface area contributed by atoms with Crippen LogP contribution in [0.1, 0.15) is 0 Å². The van der Waals surface area contributed by atoms with Crippen LogP contribution in [0.5, 0.6) is 0 Å². The number of hydrogen-bond donors (Lipinski definition) is 3. The van der Waals surface area contributed by atoms with E-state index in [0.717, 1.165) is 0 Å². The number of cyclic esters (lactones) is 1. The van der Waals surface area contributed by atoms with Crippen molar-refractivity contribution >= 4 is 6.09 Å². The van der Waals surface area contributed by atoms with Crippen molar-refractivity contribution in [2.45, 2.75) is 30.5 Å². The third-order valence-electron chi connectivity index (χ3n) is 2.88. The SMILES string of the molecule is C=C[C@@H]1OC(=O)N2C[C@H](O)[C@@H](O)[C@H](O)[C@@H]12. The average molecular weight is 215 g/mol. The summed E-state index contributed by atoms with van der Waals surface area (Å²) in [6, 6.07) is -0.659. The highest BCUT2D eigenvalue weighted by atomic mass is 16.6. The molecule has 1 amide bonds. The number of ether oxygens (including phenoxy) is 1. The van der Waals surface area contributed by atoms with Crippen molar-refractivity contribution in [2.75, 3.05) is 6.54 Å². The van der Waals surface area contributed by atoms with Crippen LogP contribution in [0.2, 0.25) is 0 Å². The van der Waals surface area contributed by atoms with E-state index in [4.69, 9.17) is 4.74 Å². The molecule has 0 aromatic heterocycles. The Labute approximate surface area is 86.4 Å². The number of nitrogens with zero attached hydrogens (tertiary/aromatic N) is 1. The normalized spacial score (nSPS) is 44.9. The van der Waals surface area contributed by atoms with Gasteiger partial charge in [-0.1, -0.05) is 6.58 Å². The Hall–Kier alpha value is -1.11. The van der Waals surface area contributed by atoms with Crippen LogP contribution >= 0.6 is 0 Å². The van der Waals surface area contributed by atoms with Crippen molar-refractivity contribution in [1.82, 2.24) is 4.90 Å². The molecule has 2 rings (SSSR count). The molecule has 0 aromatic carbocycles. The lowest BCUT2D eigenvalue weighted by molar-refractivity contribution is -0.121. The van der Waals surface area contributed by atoms with Gasteiger partial charge in [-0.3, -0.25) is 4.90 Å². The topological polar surface area (TPSA) is 90.2 Å². The number of aliphatic hydroxyl groups is 3. The Morgan fingerprint density at radius 3 is 2.67 bits per heavy atom. The first-order valence-electron chi connectivity index (χ1n) is 4.70. The van der Waals surface area contributed by atoms with Gasteiger partial charge >= 0.3 is 6.09 Å². The summed E-state index contributed by atoms with van der Waals surface area (Å²) in [6.45, 7) is 3.45. The molecule has 2 aliphatic rings. The van der Waals surface area contributed by atoms with Gasteiger partial charge in [0.1, 0.15) is 30.5 Å². The van der Waals surface area contributed by atoms with E-state index in [1.54, 1.807) is 0 Å². The second-order valence-electron chi connectivity index (χ2n) is 3.78. The van der Waals surface area contributed by atoms with E-state index in [0.29, 0.717) is 0 Å². The maximum atomic E-state index is 11.3. The van der Waals surface area contributed by atoms with Crippen LogP contribution in [0, 0.1) is 0 Å². The van der Waals surface area contributed by atoms with Crippen LogP contribution < -0.4 is 0 Å². The monoisotopic (exact) mass is 215 g/mol. The van der Waals surface area contributed by atoms with Crippen LogP contribution in [0.4, 0.5) is 4.79 Å². The Morgan fingerprint density at radius 1 is 1.40 bits per heavy atom. The number of carbonyl (C=O) groups is 1. The van der Waals surface area contributed by atoms with Gasteiger partial charge in [0, 0.05) is 0 Å². The quantitative estimate of drug-likeness (QED) is 0.461. The number of fused-ring (bicyclic) bond motifs is 1. The van der Waals surface area contributed by atoms with E-state index in [1.807, 2.05) is 0 Å². The second kappa shape index (κ2) is 3.48. The summed E-state index contributed by atoms with van der Waals surface area (Å²) in [7, 11) is 0. The molecule has 0 spiro atoms. The summed E-state index contributed by atoms with van der Waals surface area (Å²) in [6.07, 6.45) is -3.47. The van der Waals surface area contributed by atoms with Crippen LogP contribution in [0.25, 0.3) is 0 Å². The van der Waals surface area contributed by atoms with Gasteiger partial charge in [0.15, 0.2) is 0 Å². The molecule has 2 heterocycles. The van der Waals surface area contributed by atoms with Gasteiger partial charge in [-0.15, -0.1) is 0 Å². The van der Waals surface area contributed by atoms with Crippen LogP contribution in [0.15, 0.2) is 12.7 Å². The minimum atomic E-state index is -1.26. The first-order chi connectivity index (χ1) is 7.06. The molecule has 15 heavy (non-hydrogen) atoms. The summed E-state index contributed by atoms with van der Waals surface area (Å²) in [5.74, 6) is 0. The van der Waals surface area contributed by atoms with E-state index in [-0.39, 0.29) is 6.54 Å². The highest BCUT2D eigenvalue weighted by molar-refractivity contribution is 5.71. The Morgan fingerprint density at radius 2 is 2.07 bits per heavy atom. The number of piperidine rings is 1. The maximum absolute atomic E-state index is 11.3. The van der Waals surface area contributed by atoms with Crippen LogP contribution in [-0.2, 0) is 4.74 Å². The van der Waals surface area contributed by atoms with Crippen molar-refractivity contribution in [3.8, 4) is 0 Å². The van der Waals surface area contributed by atoms with E-state index in [2.05, 4.69) is 6.58 Å². The third-order valence-corrected chi connectivity index (χ3v) is 2.88. The molecule has 3 N–H and O–H groups in total. The van der Waals surface area contributed by atoms with E-state index in [1.165, 1.54) is 11.0 Å². The number of amides is 1. The fourth-order valence-electron chi connectivity index (χ4n) is 2.05. The minimum absolute atomic E-state index is 0.0356. The first kappa shape index (κ1) is 10.4. The molecule has 0 bridgehead atoms.